The molecule has 0 aromatic heterocycles. The molecule has 1 amide bonds. The van der Waals surface area contributed by atoms with Gasteiger partial charge in [0.2, 0.25) is 5.91 Å². The summed E-state index contributed by atoms with van der Waals surface area (Å²) in [6, 6.07) is -1.16. The van der Waals surface area contributed by atoms with Crippen molar-refractivity contribution in [3.8, 4) is 0 Å². The summed E-state index contributed by atoms with van der Waals surface area (Å²) in [6.07, 6.45) is 30.0. The van der Waals surface area contributed by atoms with E-state index < -0.39 is 74.2 Å². The van der Waals surface area contributed by atoms with Crippen LogP contribution in [0.25, 0.3) is 0 Å². The molecular weight excluding hydrogens is 763 g/mol. The lowest BCUT2D eigenvalue weighted by atomic mass is 9.98. The summed E-state index contributed by atoms with van der Waals surface area (Å²) in [4.78, 5) is 13.1. The fraction of sp³-hybridized carbons (Fsp3) is 0.980. The van der Waals surface area contributed by atoms with Crippen molar-refractivity contribution < 1.29 is 50.0 Å². The average Bonchev–Trinajstić information content (AvgIpc) is 3.25. The summed E-state index contributed by atoms with van der Waals surface area (Å²) in [5.41, 5.74) is 0. The molecule has 11 heteroatoms. The van der Waals surface area contributed by atoms with Gasteiger partial charge in [-0.1, -0.05) is 226 Å². The van der Waals surface area contributed by atoms with E-state index in [1.165, 1.54) is 161 Å². The molecule has 1 heterocycles. The smallest absolute Gasteiger partial charge is 0.249 e. The van der Waals surface area contributed by atoms with E-state index in [9.17, 15) is 40.5 Å². The zero-order valence-electron chi connectivity index (χ0n) is 38.7. The van der Waals surface area contributed by atoms with E-state index in [1.807, 2.05) is 0 Å². The molecule has 60 heavy (non-hydrogen) atoms. The summed E-state index contributed by atoms with van der Waals surface area (Å²) in [7, 11) is 0. The van der Waals surface area contributed by atoms with Gasteiger partial charge in [0.05, 0.1) is 25.4 Å². The van der Waals surface area contributed by atoms with Gasteiger partial charge in [-0.2, -0.15) is 0 Å². The molecule has 8 N–H and O–H groups in total. The first-order valence-corrected chi connectivity index (χ1v) is 25.4. The number of unbranched alkanes of at least 4 members (excludes halogenated alkanes) is 31. The molecule has 358 valence electrons. The molecule has 1 rings (SSSR count). The lowest BCUT2D eigenvalue weighted by Crippen LogP contribution is -2.60. The Labute approximate surface area is 367 Å². The van der Waals surface area contributed by atoms with Crippen LogP contribution in [0.5, 0.6) is 0 Å². The zero-order valence-corrected chi connectivity index (χ0v) is 38.7. The summed E-state index contributed by atoms with van der Waals surface area (Å²) >= 11 is 0. The maximum Gasteiger partial charge on any atom is 0.249 e. The Balaban J connectivity index is 2.38. The normalized spacial score (nSPS) is 21.5. The molecule has 1 aliphatic rings. The first-order chi connectivity index (χ1) is 29.2. The minimum Gasteiger partial charge on any atom is -0.394 e. The Morgan fingerprint density at radius 2 is 0.867 bits per heavy atom. The van der Waals surface area contributed by atoms with Gasteiger partial charge in [-0.3, -0.25) is 4.79 Å². The van der Waals surface area contributed by atoms with Crippen molar-refractivity contribution in [3.63, 3.8) is 0 Å². The fourth-order valence-electron chi connectivity index (χ4n) is 8.44. The number of carbonyl (C=O) groups excluding carboxylic acids is 1. The number of carbonyl (C=O) groups is 1. The molecule has 0 aromatic carbocycles. The molecule has 9 unspecified atom stereocenters. The summed E-state index contributed by atoms with van der Waals surface area (Å²) in [5, 5.41) is 75.8. The van der Waals surface area contributed by atoms with E-state index in [-0.39, 0.29) is 6.42 Å². The van der Waals surface area contributed by atoms with Crippen molar-refractivity contribution in [2.45, 2.75) is 294 Å². The van der Waals surface area contributed by atoms with E-state index in [0.29, 0.717) is 19.3 Å². The van der Waals surface area contributed by atoms with Gasteiger partial charge in [0, 0.05) is 0 Å². The number of ether oxygens (including phenoxy) is 2. The molecule has 0 spiro atoms. The quantitative estimate of drug-likeness (QED) is 0.0275. The number of nitrogens with one attached hydrogen (secondary N) is 1. The predicted octanol–water partition coefficient (Wildman–Crippen LogP) is 9.06. The maximum atomic E-state index is 13.1. The van der Waals surface area contributed by atoms with Gasteiger partial charge < -0.3 is 50.5 Å². The lowest BCUT2D eigenvalue weighted by Gasteiger charge is -2.40. The first kappa shape index (κ1) is 57.1. The summed E-state index contributed by atoms with van der Waals surface area (Å²) in [5.74, 6) is -0.692. The van der Waals surface area contributed by atoms with Crippen LogP contribution >= 0.6 is 0 Å². The van der Waals surface area contributed by atoms with Crippen LogP contribution in [0.2, 0.25) is 0 Å². The lowest BCUT2D eigenvalue weighted by molar-refractivity contribution is -0.303. The van der Waals surface area contributed by atoms with Crippen molar-refractivity contribution in [2.24, 2.45) is 0 Å². The molecule has 0 aromatic rings. The molecule has 9 atom stereocenters. The molecule has 0 aliphatic carbocycles. The minimum absolute atomic E-state index is 0.267. The summed E-state index contributed by atoms with van der Waals surface area (Å²) in [6.45, 7) is 3.47. The Bertz CT molecular complexity index is 944. The maximum absolute atomic E-state index is 13.1. The SMILES string of the molecule is CCCCCCCCCCCCCCCCCCCCCC(O)C(=O)NC(COC1OC(CO)C(O)C(O)C1O)C(O)C(O)CCCCCCCCCCCCCCCC. The van der Waals surface area contributed by atoms with Crippen molar-refractivity contribution in [1.29, 1.82) is 0 Å². The van der Waals surface area contributed by atoms with Gasteiger partial charge in [0.1, 0.15) is 36.6 Å². The van der Waals surface area contributed by atoms with Crippen LogP contribution < -0.4 is 5.32 Å². The van der Waals surface area contributed by atoms with E-state index in [0.717, 1.165) is 38.5 Å². The van der Waals surface area contributed by atoms with Crippen LogP contribution in [-0.4, -0.2) is 110 Å². The van der Waals surface area contributed by atoms with Gasteiger partial charge in [0.15, 0.2) is 6.29 Å². The molecular formula is C49H97NO10. The van der Waals surface area contributed by atoms with Gasteiger partial charge >= 0.3 is 0 Å². The van der Waals surface area contributed by atoms with Crippen molar-refractivity contribution in [2.75, 3.05) is 13.2 Å². The second-order valence-electron chi connectivity index (χ2n) is 18.3. The molecule has 1 aliphatic heterocycles. The van der Waals surface area contributed by atoms with Crippen LogP contribution in [0, 0.1) is 0 Å². The third-order valence-electron chi connectivity index (χ3n) is 12.7. The number of hydrogen-bond donors (Lipinski definition) is 8. The average molecular weight is 860 g/mol. The van der Waals surface area contributed by atoms with Crippen LogP contribution in [0.15, 0.2) is 0 Å². The zero-order chi connectivity index (χ0) is 44.1. The van der Waals surface area contributed by atoms with Crippen LogP contribution in [0.3, 0.4) is 0 Å². The number of hydrogen-bond acceptors (Lipinski definition) is 10. The number of rotatable bonds is 43. The van der Waals surface area contributed by atoms with E-state index in [2.05, 4.69) is 19.2 Å². The van der Waals surface area contributed by atoms with Gasteiger partial charge in [-0.15, -0.1) is 0 Å². The highest BCUT2D eigenvalue weighted by atomic mass is 16.7. The fourth-order valence-corrected chi connectivity index (χ4v) is 8.44. The number of amides is 1. The molecule has 11 nitrogen and oxygen atoms in total. The predicted molar refractivity (Wildman–Crippen MR) is 243 cm³/mol. The Morgan fingerprint density at radius 1 is 0.517 bits per heavy atom. The molecule has 0 bridgehead atoms. The van der Waals surface area contributed by atoms with Crippen molar-refractivity contribution in [3.05, 3.63) is 0 Å². The molecule has 0 radical (unpaired) electrons. The monoisotopic (exact) mass is 860 g/mol. The number of aliphatic hydroxyl groups excluding tert-OH is 7. The summed E-state index contributed by atoms with van der Waals surface area (Å²) < 4.78 is 11.1. The number of aliphatic hydroxyl groups is 7. The van der Waals surface area contributed by atoms with Gasteiger partial charge in [-0.25, -0.2) is 0 Å². The largest absolute Gasteiger partial charge is 0.394 e. The Kier molecular flexibility index (Phi) is 37.8. The highest BCUT2D eigenvalue weighted by molar-refractivity contribution is 5.80. The van der Waals surface area contributed by atoms with E-state index >= 15 is 0 Å². The second kappa shape index (κ2) is 39.7. The third kappa shape index (κ3) is 28.7. The molecule has 0 saturated carbocycles. The minimum atomic E-state index is -1.66. The van der Waals surface area contributed by atoms with Gasteiger partial charge in [0.25, 0.3) is 0 Å². The Hall–Kier alpha value is -0.890. The topological polar surface area (TPSA) is 189 Å². The van der Waals surface area contributed by atoms with Crippen LogP contribution in [-0.2, 0) is 14.3 Å². The molecule has 1 fully saturated rings. The molecule has 1 saturated heterocycles. The highest BCUT2D eigenvalue weighted by Gasteiger charge is 2.44. The Morgan fingerprint density at radius 3 is 1.23 bits per heavy atom. The van der Waals surface area contributed by atoms with Crippen molar-refractivity contribution in [1.82, 2.24) is 5.32 Å². The van der Waals surface area contributed by atoms with E-state index in [4.69, 9.17) is 9.47 Å². The van der Waals surface area contributed by atoms with Gasteiger partial charge in [-0.05, 0) is 12.8 Å². The van der Waals surface area contributed by atoms with Crippen LogP contribution in [0.4, 0.5) is 0 Å². The van der Waals surface area contributed by atoms with Crippen LogP contribution in [0.1, 0.15) is 239 Å². The first-order valence-electron chi connectivity index (χ1n) is 25.4. The van der Waals surface area contributed by atoms with Crippen molar-refractivity contribution >= 4 is 5.91 Å². The highest BCUT2D eigenvalue weighted by Crippen LogP contribution is 2.23. The second-order valence-corrected chi connectivity index (χ2v) is 18.3. The van der Waals surface area contributed by atoms with E-state index in [1.54, 1.807) is 0 Å². The standard InChI is InChI=1S/C49H97NO10/c1-3-5-7-9-11-13-15-17-19-20-21-22-23-25-27-29-31-33-35-37-42(53)48(58)50-40(39-59-49-47(57)46(56)45(55)43(38-51)60-49)44(54)41(52)36-34-32-30-28-26-24-18-16-14-12-10-8-6-4-2/h40-47,49,51-57H,3-39H2,1-2H3,(H,50,58). The third-order valence-corrected chi connectivity index (χ3v) is 12.7.